The quantitative estimate of drug-likeness (QED) is 0.845. The highest BCUT2D eigenvalue weighted by atomic mass is 14.9. The van der Waals surface area contributed by atoms with E-state index >= 15 is 0 Å². The molecule has 1 N–H and O–H groups in total. The molecule has 2 aromatic heterocycles. The van der Waals surface area contributed by atoms with Crippen molar-refractivity contribution in [1.82, 2.24) is 15.3 Å². The molecule has 0 saturated heterocycles. The number of aromatic nitrogens is 2. The van der Waals surface area contributed by atoms with Gasteiger partial charge in [0.25, 0.3) is 0 Å². The summed E-state index contributed by atoms with van der Waals surface area (Å²) >= 11 is 0. The summed E-state index contributed by atoms with van der Waals surface area (Å²) in [6.07, 6.45) is 5.56. The molecule has 0 amide bonds. The summed E-state index contributed by atoms with van der Waals surface area (Å²) in [6.45, 7) is 3.66. The van der Waals surface area contributed by atoms with Crippen molar-refractivity contribution in [2.75, 3.05) is 0 Å². The van der Waals surface area contributed by atoms with Gasteiger partial charge in [0.1, 0.15) is 0 Å². The fourth-order valence-corrected chi connectivity index (χ4v) is 1.55. The molecule has 2 rings (SSSR count). The molecular weight excluding hydrogens is 198 g/mol. The molecular formula is C13H15N3. The molecule has 0 unspecified atom stereocenters. The van der Waals surface area contributed by atoms with Crippen LogP contribution in [0.4, 0.5) is 0 Å². The molecule has 0 radical (unpaired) electrons. The van der Waals surface area contributed by atoms with E-state index in [-0.39, 0.29) is 0 Å². The Morgan fingerprint density at radius 3 is 2.88 bits per heavy atom. The Balaban J connectivity index is 1.85. The number of aryl methyl sites for hydroxylation is 1. The maximum absolute atomic E-state index is 4.25. The second-order valence-corrected chi connectivity index (χ2v) is 3.80. The Morgan fingerprint density at radius 2 is 2.12 bits per heavy atom. The Bertz CT molecular complexity index is 440. The third-order valence-electron chi connectivity index (χ3n) is 2.29. The summed E-state index contributed by atoms with van der Waals surface area (Å²) in [5, 5.41) is 3.34. The molecule has 0 aromatic carbocycles. The monoisotopic (exact) mass is 213 g/mol. The van der Waals surface area contributed by atoms with Gasteiger partial charge in [-0.1, -0.05) is 12.1 Å². The molecule has 0 spiro atoms. The zero-order valence-electron chi connectivity index (χ0n) is 9.35. The van der Waals surface area contributed by atoms with E-state index in [4.69, 9.17) is 0 Å². The van der Waals surface area contributed by atoms with Crippen molar-refractivity contribution in [3.05, 3.63) is 59.7 Å². The van der Waals surface area contributed by atoms with Gasteiger partial charge in [-0.05, 0) is 30.2 Å². The summed E-state index contributed by atoms with van der Waals surface area (Å²) in [6, 6.07) is 8.08. The van der Waals surface area contributed by atoms with Crippen molar-refractivity contribution in [3.8, 4) is 0 Å². The van der Waals surface area contributed by atoms with Crippen LogP contribution in [0.1, 0.15) is 16.8 Å². The van der Waals surface area contributed by atoms with Gasteiger partial charge in [-0.3, -0.25) is 9.97 Å². The summed E-state index contributed by atoms with van der Waals surface area (Å²) in [5.74, 6) is 0. The third kappa shape index (κ3) is 3.14. The summed E-state index contributed by atoms with van der Waals surface area (Å²) < 4.78 is 0. The molecule has 0 aliphatic carbocycles. The Labute approximate surface area is 95.6 Å². The van der Waals surface area contributed by atoms with Gasteiger partial charge in [-0.2, -0.15) is 0 Å². The molecule has 0 aliphatic rings. The first-order valence-corrected chi connectivity index (χ1v) is 5.36. The van der Waals surface area contributed by atoms with E-state index in [0.29, 0.717) is 0 Å². The summed E-state index contributed by atoms with van der Waals surface area (Å²) in [7, 11) is 0. The maximum atomic E-state index is 4.25. The molecule has 3 nitrogen and oxygen atoms in total. The Morgan fingerprint density at radius 1 is 1.19 bits per heavy atom. The van der Waals surface area contributed by atoms with E-state index in [2.05, 4.69) is 28.3 Å². The van der Waals surface area contributed by atoms with E-state index in [1.54, 1.807) is 0 Å². The maximum Gasteiger partial charge on any atom is 0.0541 e. The second kappa shape index (κ2) is 5.37. The van der Waals surface area contributed by atoms with Gasteiger partial charge in [-0.25, -0.2) is 0 Å². The van der Waals surface area contributed by atoms with E-state index in [9.17, 15) is 0 Å². The largest absolute Gasteiger partial charge is 0.307 e. The molecule has 16 heavy (non-hydrogen) atoms. The van der Waals surface area contributed by atoms with E-state index in [1.165, 1.54) is 11.1 Å². The van der Waals surface area contributed by atoms with Crippen LogP contribution in [0.2, 0.25) is 0 Å². The molecule has 0 fully saturated rings. The number of hydrogen-bond acceptors (Lipinski definition) is 3. The van der Waals surface area contributed by atoms with Crippen LogP contribution in [0.3, 0.4) is 0 Å². The van der Waals surface area contributed by atoms with Crippen molar-refractivity contribution >= 4 is 0 Å². The highest BCUT2D eigenvalue weighted by Gasteiger charge is 1.95. The number of hydrogen-bond donors (Lipinski definition) is 1. The van der Waals surface area contributed by atoms with Gasteiger partial charge < -0.3 is 5.32 Å². The lowest BCUT2D eigenvalue weighted by molar-refractivity contribution is 0.677. The van der Waals surface area contributed by atoms with Crippen molar-refractivity contribution in [1.29, 1.82) is 0 Å². The Kier molecular flexibility index (Phi) is 3.62. The summed E-state index contributed by atoms with van der Waals surface area (Å²) in [4.78, 5) is 8.40. The van der Waals surface area contributed by atoms with Gasteiger partial charge in [0.15, 0.2) is 0 Å². The van der Waals surface area contributed by atoms with Crippen molar-refractivity contribution in [2.45, 2.75) is 20.0 Å². The molecule has 82 valence electrons. The fraction of sp³-hybridized carbons (Fsp3) is 0.231. The first-order chi connectivity index (χ1) is 7.84. The predicted molar refractivity (Wildman–Crippen MR) is 63.8 cm³/mol. The van der Waals surface area contributed by atoms with Gasteiger partial charge in [0, 0.05) is 31.7 Å². The smallest absolute Gasteiger partial charge is 0.0541 e. The van der Waals surface area contributed by atoms with Crippen LogP contribution >= 0.6 is 0 Å². The lowest BCUT2D eigenvalue weighted by Gasteiger charge is -2.04. The van der Waals surface area contributed by atoms with Crippen LogP contribution in [-0.2, 0) is 13.1 Å². The summed E-state index contributed by atoms with van der Waals surface area (Å²) in [5.41, 5.74) is 3.45. The first-order valence-electron chi connectivity index (χ1n) is 5.36. The van der Waals surface area contributed by atoms with Crippen LogP contribution in [0.25, 0.3) is 0 Å². The minimum atomic E-state index is 0.786. The van der Waals surface area contributed by atoms with E-state index < -0.39 is 0 Å². The standard InChI is InChI=1S/C13H15N3/c1-11-6-12(8-14-7-11)9-15-10-13-4-2-3-5-16-13/h2-8,15H,9-10H2,1H3. The van der Waals surface area contributed by atoms with Crippen molar-refractivity contribution < 1.29 is 0 Å². The Hall–Kier alpha value is -1.74. The van der Waals surface area contributed by atoms with Gasteiger partial charge in [0.2, 0.25) is 0 Å². The number of rotatable bonds is 4. The lowest BCUT2D eigenvalue weighted by Crippen LogP contribution is -2.13. The molecule has 0 atom stereocenters. The fourth-order valence-electron chi connectivity index (χ4n) is 1.55. The normalized spacial score (nSPS) is 10.3. The van der Waals surface area contributed by atoms with Crippen LogP contribution in [0.15, 0.2) is 42.9 Å². The number of pyridine rings is 2. The van der Waals surface area contributed by atoms with Crippen LogP contribution in [0.5, 0.6) is 0 Å². The second-order valence-electron chi connectivity index (χ2n) is 3.80. The van der Waals surface area contributed by atoms with E-state index in [0.717, 1.165) is 18.8 Å². The van der Waals surface area contributed by atoms with E-state index in [1.807, 2.05) is 36.8 Å². The molecule has 2 aromatic rings. The average Bonchev–Trinajstić information content (AvgIpc) is 2.30. The molecule has 2 heterocycles. The van der Waals surface area contributed by atoms with Gasteiger partial charge >= 0.3 is 0 Å². The van der Waals surface area contributed by atoms with Gasteiger partial charge in [-0.15, -0.1) is 0 Å². The van der Waals surface area contributed by atoms with Crippen LogP contribution in [0, 0.1) is 6.92 Å². The third-order valence-corrected chi connectivity index (χ3v) is 2.29. The minimum Gasteiger partial charge on any atom is -0.307 e. The minimum absolute atomic E-state index is 0.786. The predicted octanol–water partition coefficient (Wildman–Crippen LogP) is 2.07. The zero-order chi connectivity index (χ0) is 11.2. The average molecular weight is 213 g/mol. The lowest BCUT2D eigenvalue weighted by atomic mass is 10.2. The SMILES string of the molecule is Cc1cncc(CNCc2ccccn2)c1. The molecule has 3 heteroatoms. The highest BCUT2D eigenvalue weighted by Crippen LogP contribution is 2.01. The van der Waals surface area contributed by atoms with Gasteiger partial charge in [0.05, 0.1) is 5.69 Å². The van der Waals surface area contributed by atoms with Crippen molar-refractivity contribution in [2.24, 2.45) is 0 Å². The molecule has 0 aliphatic heterocycles. The number of nitrogens with zero attached hydrogens (tertiary/aromatic N) is 2. The van der Waals surface area contributed by atoms with Crippen LogP contribution in [-0.4, -0.2) is 9.97 Å². The number of nitrogens with one attached hydrogen (secondary N) is 1. The molecule has 0 bridgehead atoms. The topological polar surface area (TPSA) is 37.8 Å². The first kappa shape index (κ1) is 10.8. The molecule has 0 saturated carbocycles. The van der Waals surface area contributed by atoms with Crippen LogP contribution < -0.4 is 5.32 Å². The highest BCUT2D eigenvalue weighted by molar-refractivity contribution is 5.16. The van der Waals surface area contributed by atoms with Crippen molar-refractivity contribution in [3.63, 3.8) is 0 Å². The zero-order valence-corrected chi connectivity index (χ0v) is 9.35.